The summed E-state index contributed by atoms with van der Waals surface area (Å²) in [5, 5.41) is 3.73. The van der Waals surface area contributed by atoms with Crippen LogP contribution in [0.4, 0.5) is 0 Å². The predicted octanol–water partition coefficient (Wildman–Crippen LogP) is 2.04. The molecule has 1 rings (SSSR count). The van der Waals surface area contributed by atoms with Crippen LogP contribution in [0.2, 0.25) is 0 Å². The van der Waals surface area contributed by atoms with Crippen molar-refractivity contribution in [1.82, 2.24) is 15.1 Å². The summed E-state index contributed by atoms with van der Waals surface area (Å²) in [6.07, 6.45) is 5.39. The molecule has 0 aromatic carbocycles. The number of piperidine rings is 1. The van der Waals surface area contributed by atoms with Crippen molar-refractivity contribution >= 4 is 0 Å². The van der Waals surface area contributed by atoms with Crippen LogP contribution in [0.5, 0.6) is 0 Å². The Morgan fingerprint density at radius 3 is 2.78 bits per heavy atom. The summed E-state index contributed by atoms with van der Waals surface area (Å²) >= 11 is 0. The molecule has 0 bridgehead atoms. The molecule has 1 heterocycles. The minimum absolute atomic E-state index is 0.679. The summed E-state index contributed by atoms with van der Waals surface area (Å²) in [6.45, 7) is 10.9. The molecular formula is C15H33N3. The standard InChI is InChI=1S/C15H33N3/c1-5-18-12-8-9-15(13-18)14(2)16-10-6-7-11-17(3)4/h14-16H,5-13H2,1-4H3. The highest BCUT2D eigenvalue weighted by atomic mass is 15.1. The lowest BCUT2D eigenvalue weighted by Gasteiger charge is -2.35. The third-order valence-corrected chi connectivity index (χ3v) is 4.19. The monoisotopic (exact) mass is 255 g/mol. The van der Waals surface area contributed by atoms with Crippen molar-refractivity contribution in [3.05, 3.63) is 0 Å². The number of rotatable bonds is 8. The van der Waals surface area contributed by atoms with Gasteiger partial charge < -0.3 is 15.1 Å². The van der Waals surface area contributed by atoms with Crippen LogP contribution in [0.3, 0.4) is 0 Å². The van der Waals surface area contributed by atoms with Crippen molar-refractivity contribution in [2.45, 2.75) is 45.6 Å². The normalized spacial score (nSPS) is 23.5. The van der Waals surface area contributed by atoms with Crippen LogP contribution in [0.1, 0.15) is 39.5 Å². The molecule has 1 fully saturated rings. The summed E-state index contributed by atoms with van der Waals surface area (Å²) in [6, 6.07) is 0.679. The fourth-order valence-corrected chi connectivity index (χ4v) is 2.84. The van der Waals surface area contributed by atoms with Gasteiger partial charge in [-0.2, -0.15) is 0 Å². The average molecular weight is 255 g/mol. The SMILES string of the molecule is CCN1CCCC(C(C)NCCCCN(C)C)C1. The zero-order valence-corrected chi connectivity index (χ0v) is 12.9. The molecule has 1 aliphatic heterocycles. The number of unbranched alkanes of at least 4 members (excludes halogenated alkanes) is 1. The molecule has 0 radical (unpaired) electrons. The first-order valence-electron chi connectivity index (χ1n) is 7.74. The van der Waals surface area contributed by atoms with Crippen LogP contribution in [0.25, 0.3) is 0 Å². The third kappa shape index (κ3) is 6.17. The zero-order chi connectivity index (χ0) is 13.4. The van der Waals surface area contributed by atoms with E-state index >= 15 is 0 Å². The molecule has 0 saturated carbocycles. The van der Waals surface area contributed by atoms with Gasteiger partial charge >= 0.3 is 0 Å². The van der Waals surface area contributed by atoms with Gasteiger partial charge in [-0.25, -0.2) is 0 Å². The van der Waals surface area contributed by atoms with Gasteiger partial charge in [0.25, 0.3) is 0 Å². The van der Waals surface area contributed by atoms with E-state index in [1.54, 1.807) is 0 Å². The molecule has 0 aromatic heterocycles. The van der Waals surface area contributed by atoms with Crippen molar-refractivity contribution in [3.63, 3.8) is 0 Å². The van der Waals surface area contributed by atoms with Crippen molar-refractivity contribution < 1.29 is 0 Å². The molecule has 3 nitrogen and oxygen atoms in total. The molecule has 0 spiro atoms. The van der Waals surface area contributed by atoms with Crippen molar-refractivity contribution in [3.8, 4) is 0 Å². The molecule has 0 aromatic rings. The number of nitrogens with one attached hydrogen (secondary N) is 1. The van der Waals surface area contributed by atoms with E-state index in [-0.39, 0.29) is 0 Å². The summed E-state index contributed by atoms with van der Waals surface area (Å²) in [5.74, 6) is 0.854. The van der Waals surface area contributed by atoms with E-state index in [0.717, 1.165) is 5.92 Å². The Hall–Kier alpha value is -0.120. The largest absolute Gasteiger partial charge is 0.314 e. The highest BCUT2D eigenvalue weighted by molar-refractivity contribution is 4.79. The molecule has 1 aliphatic rings. The van der Waals surface area contributed by atoms with Gasteiger partial charge in [0.05, 0.1) is 0 Å². The maximum atomic E-state index is 3.73. The van der Waals surface area contributed by atoms with E-state index in [4.69, 9.17) is 0 Å². The number of hydrogen-bond donors (Lipinski definition) is 1. The second kappa shape index (κ2) is 8.89. The molecular weight excluding hydrogens is 222 g/mol. The van der Waals surface area contributed by atoms with Gasteiger partial charge in [0.1, 0.15) is 0 Å². The Morgan fingerprint density at radius 1 is 1.33 bits per heavy atom. The number of hydrogen-bond acceptors (Lipinski definition) is 3. The molecule has 2 unspecified atom stereocenters. The smallest absolute Gasteiger partial charge is 0.00792 e. The van der Waals surface area contributed by atoms with Gasteiger partial charge in [-0.3, -0.25) is 0 Å². The summed E-state index contributed by atoms with van der Waals surface area (Å²) in [7, 11) is 4.30. The van der Waals surface area contributed by atoms with E-state index in [9.17, 15) is 0 Å². The minimum Gasteiger partial charge on any atom is -0.314 e. The fraction of sp³-hybridized carbons (Fsp3) is 1.00. The first kappa shape index (κ1) is 15.9. The molecule has 1 N–H and O–H groups in total. The minimum atomic E-state index is 0.679. The van der Waals surface area contributed by atoms with Crippen molar-refractivity contribution in [2.24, 2.45) is 5.92 Å². The molecule has 0 aliphatic carbocycles. The van der Waals surface area contributed by atoms with Gasteiger partial charge in [0.15, 0.2) is 0 Å². The Morgan fingerprint density at radius 2 is 2.11 bits per heavy atom. The number of likely N-dealkylation sites (tertiary alicyclic amines) is 1. The van der Waals surface area contributed by atoms with Crippen molar-refractivity contribution in [2.75, 3.05) is 46.8 Å². The van der Waals surface area contributed by atoms with Gasteiger partial charge in [-0.05, 0) is 78.8 Å². The lowest BCUT2D eigenvalue weighted by molar-refractivity contribution is 0.157. The maximum absolute atomic E-state index is 3.73. The predicted molar refractivity (Wildman–Crippen MR) is 80.1 cm³/mol. The van der Waals surface area contributed by atoms with Crippen LogP contribution < -0.4 is 5.32 Å². The van der Waals surface area contributed by atoms with Gasteiger partial charge in [-0.1, -0.05) is 6.92 Å². The Balaban J connectivity index is 2.10. The van der Waals surface area contributed by atoms with Crippen molar-refractivity contribution in [1.29, 1.82) is 0 Å². The summed E-state index contributed by atoms with van der Waals surface area (Å²) in [5.41, 5.74) is 0. The third-order valence-electron chi connectivity index (χ3n) is 4.19. The molecule has 0 amide bonds. The van der Waals surface area contributed by atoms with Crippen LogP contribution in [-0.4, -0.2) is 62.7 Å². The second-order valence-electron chi connectivity index (χ2n) is 6.05. The maximum Gasteiger partial charge on any atom is 0.00792 e. The molecule has 18 heavy (non-hydrogen) atoms. The second-order valence-corrected chi connectivity index (χ2v) is 6.05. The molecule has 108 valence electrons. The molecule has 3 heteroatoms. The van der Waals surface area contributed by atoms with Crippen LogP contribution in [0.15, 0.2) is 0 Å². The lowest BCUT2D eigenvalue weighted by atomic mass is 9.91. The zero-order valence-electron chi connectivity index (χ0n) is 12.9. The van der Waals surface area contributed by atoms with Crippen LogP contribution >= 0.6 is 0 Å². The van der Waals surface area contributed by atoms with Gasteiger partial charge in [0.2, 0.25) is 0 Å². The highest BCUT2D eigenvalue weighted by Gasteiger charge is 2.23. The van der Waals surface area contributed by atoms with E-state index in [1.165, 1.54) is 58.4 Å². The van der Waals surface area contributed by atoms with E-state index in [0.29, 0.717) is 6.04 Å². The topological polar surface area (TPSA) is 18.5 Å². The van der Waals surface area contributed by atoms with E-state index < -0.39 is 0 Å². The summed E-state index contributed by atoms with van der Waals surface area (Å²) < 4.78 is 0. The first-order valence-corrected chi connectivity index (χ1v) is 7.74. The number of nitrogens with zero attached hydrogens (tertiary/aromatic N) is 2. The highest BCUT2D eigenvalue weighted by Crippen LogP contribution is 2.19. The van der Waals surface area contributed by atoms with Crippen LogP contribution in [-0.2, 0) is 0 Å². The Kier molecular flexibility index (Phi) is 7.87. The van der Waals surface area contributed by atoms with Gasteiger partial charge in [0, 0.05) is 12.6 Å². The molecule has 2 atom stereocenters. The first-order chi connectivity index (χ1) is 8.63. The fourth-order valence-electron chi connectivity index (χ4n) is 2.84. The Bertz CT molecular complexity index is 206. The lowest BCUT2D eigenvalue weighted by Crippen LogP contribution is -2.44. The van der Waals surface area contributed by atoms with E-state index in [2.05, 4.69) is 43.1 Å². The van der Waals surface area contributed by atoms with Gasteiger partial charge in [-0.15, -0.1) is 0 Å². The molecule has 1 saturated heterocycles. The van der Waals surface area contributed by atoms with Crippen LogP contribution in [0, 0.1) is 5.92 Å². The quantitative estimate of drug-likeness (QED) is 0.670. The van der Waals surface area contributed by atoms with E-state index in [1.807, 2.05) is 0 Å². The Labute approximate surface area is 114 Å². The summed E-state index contributed by atoms with van der Waals surface area (Å²) in [4.78, 5) is 4.86. The average Bonchev–Trinajstić information content (AvgIpc) is 2.37.